The first-order chi connectivity index (χ1) is 14.6. The Morgan fingerprint density at radius 1 is 0.600 bits per heavy atom. The van der Waals surface area contributed by atoms with Crippen LogP contribution in [-0.4, -0.2) is 4.21 Å². The average molecular weight is 507 g/mol. The third-order valence-electron chi connectivity index (χ3n) is 5.23. The molecule has 4 aromatic rings. The minimum Gasteiger partial charge on any atom is -0.179 e. The summed E-state index contributed by atoms with van der Waals surface area (Å²) in [4.78, 5) is 0. The van der Waals surface area contributed by atoms with Gasteiger partial charge in [-0.2, -0.15) is 59.7 Å². The summed E-state index contributed by atoms with van der Waals surface area (Å²) in [5, 5.41) is 0. The minimum atomic E-state index is -1.85. The van der Waals surface area contributed by atoms with Crippen molar-refractivity contribution >= 4 is 21.2 Å². The van der Waals surface area contributed by atoms with Crippen molar-refractivity contribution in [2.75, 3.05) is 0 Å². The Balaban J connectivity index is 0.000000124. The zero-order valence-electron chi connectivity index (χ0n) is 16.5. The van der Waals surface area contributed by atoms with Crippen LogP contribution in [0.1, 0.15) is 22.3 Å². The molecule has 0 heterocycles. The maximum Gasteiger partial charge on any atom is -0.0253 e. The van der Waals surface area contributed by atoms with Crippen LogP contribution in [-0.2, 0) is 31.7 Å². The fourth-order valence-corrected chi connectivity index (χ4v) is 4.00. The van der Waals surface area contributed by atoms with Crippen molar-refractivity contribution in [3.63, 3.8) is 0 Å². The molecule has 0 N–H and O–H groups in total. The fourth-order valence-electron chi connectivity index (χ4n) is 4.00. The molecule has 0 saturated carbocycles. The first-order valence-electron chi connectivity index (χ1n) is 9.79. The number of benzene rings is 4. The summed E-state index contributed by atoms with van der Waals surface area (Å²) in [5.74, 6) is 0. The summed E-state index contributed by atoms with van der Waals surface area (Å²) in [7, 11) is 10.3. The maximum absolute atomic E-state index is 5.13. The van der Waals surface area contributed by atoms with Crippen LogP contribution < -0.4 is 0 Å². The van der Waals surface area contributed by atoms with E-state index in [1.165, 1.54) is 44.5 Å². The van der Waals surface area contributed by atoms with E-state index in [0.29, 0.717) is 0 Å². The van der Waals surface area contributed by atoms with E-state index in [1.54, 1.807) is 0 Å². The van der Waals surface area contributed by atoms with Gasteiger partial charge in [-0.3, -0.25) is 0 Å². The molecule has 0 radical (unpaired) electrons. The molecule has 0 spiro atoms. The van der Waals surface area contributed by atoms with Crippen LogP contribution in [0.3, 0.4) is 0 Å². The molecule has 0 amide bonds. The van der Waals surface area contributed by atoms with Crippen molar-refractivity contribution in [1.82, 2.24) is 0 Å². The van der Waals surface area contributed by atoms with E-state index >= 15 is 0 Å². The number of rotatable bonds is 0. The summed E-state index contributed by atoms with van der Waals surface area (Å²) in [5.41, 5.74) is 11.0. The third kappa shape index (κ3) is 4.92. The van der Waals surface area contributed by atoms with Crippen molar-refractivity contribution in [2.24, 2.45) is 0 Å². The van der Waals surface area contributed by atoms with Gasteiger partial charge in [0.05, 0.1) is 0 Å². The second kappa shape index (κ2) is 10.0. The third-order valence-corrected chi connectivity index (χ3v) is 5.23. The molecule has 2 aliphatic carbocycles. The molecule has 0 fully saturated rings. The van der Waals surface area contributed by atoms with Gasteiger partial charge in [-0.05, 0) is 12.8 Å². The summed E-state index contributed by atoms with van der Waals surface area (Å²) in [6, 6.07) is 36.2. The Morgan fingerprint density at radius 2 is 0.967 bits per heavy atom. The second-order valence-corrected chi connectivity index (χ2v) is 15.3. The van der Waals surface area contributed by atoms with Crippen molar-refractivity contribution in [1.29, 1.82) is 0 Å². The van der Waals surface area contributed by atoms with Crippen LogP contribution in [0.4, 0.5) is 0 Å². The topological polar surface area (TPSA) is 0 Å². The molecule has 3 heteroatoms. The molecule has 0 atom stereocenters. The van der Waals surface area contributed by atoms with Crippen molar-refractivity contribution in [3.05, 3.63) is 119 Å². The fraction of sp³-hybridized carbons (Fsp3) is 0.0741. The zero-order valence-corrected chi connectivity index (χ0v) is 20.4. The van der Waals surface area contributed by atoms with Crippen LogP contribution in [0.15, 0.2) is 84.9 Å². The van der Waals surface area contributed by atoms with Gasteiger partial charge in [0, 0.05) is 0 Å². The Kier molecular flexibility index (Phi) is 7.16. The van der Waals surface area contributed by atoms with Gasteiger partial charge in [0.1, 0.15) is 0 Å². The molecular weight excluding hydrogens is 486 g/mol. The van der Waals surface area contributed by atoms with E-state index in [2.05, 4.69) is 89.1 Å². The van der Waals surface area contributed by atoms with E-state index < -0.39 is 18.9 Å². The summed E-state index contributed by atoms with van der Waals surface area (Å²) in [6.45, 7) is 0. The van der Waals surface area contributed by atoms with Gasteiger partial charge in [-0.1, -0.05) is 70.8 Å². The normalized spacial score (nSPS) is 11.5. The largest absolute Gasteiger partial charge is 0.179 e. The standard InChI is InChI=1S/2C13H9.CH2.2ClH.Zr/c2*1-3-7-12-10(5-1)9-11-6-2-4-8-13(11)12;;;;/h2*1-5,7-8H,9H2;1H2;2*1H;/q2*-1;;;;+2/p-2. The first-order valence-corrected chi connectivity index (χ1v) is 17.9. The van der Waals surface area contributed by atoms with Gasteiger partial charge in [-0.15, -0.1) is 11.1 Å². The molecule has 2 aliphatic rings. The number of halogens is 2. The Bertz CT molecular complexity index is 1020. The van der Waals surface area contributed by atoms with Gasteiger partial charge in [0.2, 0.25) is 0 Å². The monoisotopic (exact) mass is 504 g/mol. The summed E-state index contributed by atoms with van der Waals surface area (Å²) >= 11 is -1.85. The molecule has 6 rings (SSSR count). The van der Waals surface area contributed by atoms with Crippen molar-refractivity contribution < 1.29 is 18.9 Å². The molecule has 0 nitrogen and oxygen atoms in total. The zero-order chi connectivity index (χ0) is 20.9. The number of fused-ring (bicyclic) bond motifs is 6. The van der Waals surface area contributed by atoms with E-state index in [4.69, 9.17) is 17.0 Å². The van der Waals surface area contributed by atoms with Crippen LogP contribution in [0.25, 0.3) is 22.3 Å². The quantitative estimate of drug-likeness (QED) is 0.188. The second-order valence-electron chi connectivity index (χ2n) is 7.13. The van der Waals surface area contributed by atoms with E-state index in [0.717, 1.165) is 12.8 Å². The molecule has 0 unspecified atom stereocenters. The van der Waals surface area contributed by atoms with Crippen LogP contribution in [0, 0.1) is 12.1 Å². The van der Waals surface area contributed by atoms with Gasteiger partial charge in [0.25, 0.3) is 0 Å². The Morgan fingerprint density at radius 3 is 1.40 bits per heavy atom. The predicted octanol–water partition coefficient (Wildman–Crippen LogP) is 7.46. The molecule has 148 valence electrons. The van der Waals surface area contributed by atoms with Crippen LogP contribution in [0.5, 0.6) is 0 Å². The van der Waals surface area contributed by atoms with Gasteiger partial charge < -0.3 is 0 Å². The molecule has 4 aromatic carbocycles. The molecule has 0 bridgehead atoms. The first kappa shape index (κ1) is 21.4. The maximum atomic E-state index is 5.13. The predicted molar refractivity (Wildman–Crippen MR) is 126 cm³/mol. The van der Waals surface area contributed by atoms with Crippen molar-refractivity contribution in [3.8, 4) is 22.3 Å². The Hall–Kier alpha value is -1.79. The van der Waals surface area contributed by atoms with Crippen molar-refractivity contribution in [2.45, 2.75) is 12.8 Å². The van der Waals surface area contributed by atoms with Gasteiger partial charge >= 0.3 is 40.1 Å². The van der Waals surface area contributed by atoms with E-state index in [-0.39, 0.29) is 0 Å². The number of hydrogen-bond acceptors (Lipinski definition) is 0. The summed E-state index contributed by atoms with van der Waals surface area (Å²) < 4.78 is 3.37. The minimum absolute atomic E-state index is 1.05. The molecular formula is C27H20Cl2Zr-2. The smallest absolute Gasteiger partial charge is 0.0253 e. The van der Waals surface area contributed by atoms with Gasteiger partial charge in [-0.25, -0.2) is 0 Å². The van der Waals surface area contributed by atoms with E-state index in [1.807, 2.05) is 12.1 Å². The van der Waals surface area contributed by atoms with Crippen LogP contribution >= 0.6 is 17.0 Å². The van der Waals surface area contributed by atoms with Crippen LogP contribution in [0.2, 0.25) is 0 Å². The number of hydrogen-bond donors (Lipinski definition) is 0. The molecule has 0 aliphatic heterocycles. The molecule has 0 saturated heterocycles. The van der Waals surface area contributed by atoms with E-state index in [9.17, 15) is 0 Å². The Labute approximate surface area is 193 Å². The molecule has 30 heavy (non-hydrogen) atoms. The molecule has 0 aromatic heterocycles. The SMILES string of the molecule is [CH2]=[Zr]([Cl])[Cl].[c-]1cccc2c1Cc1ccccc1-2.[c-]1cccc2c1Cc1ccccc1-2. The average Bonchev–Trinajstić information content (AvgIpc) is 3.32. The summed E-state index contributed by atoms with van der Waals surface area (Å²) in [6.07, 6.45) is 2.10. The van der Waals surface area contributed by atoms with Gasteiger partial charge in [0.15, 0.2) is 0 Å².